The minimum absolute atomic E-state index is 0.330. The van der Waals surface area contributed by atoms with Gasteiger partial charge in [-0.2, -0.15) is 0 Å². The Kier molecular flexibility index (Phi) is 18.8. The van der Waals surface area contributed by atoms with Gasteiger partial charge in [0.05, 0.1) is 23.0 Å². The highest BCUT2D eigenvalue weighted by Crippen LogP contribution is 2.15. The number of hydrogen-bond donors (Lipinski definition) is 1. The molecule has 0 atom stereocenters. The number of Topliss-reactive ketones (excluding diaryl/α,β-unsaturated/α-hetero) is 1. The van der Waals surface area contributed by atoms with E-state index >= 15 is 0 Å². The average molecular weight is 549 g/mol. The Hall–Kier alpha value is -3.36. The van der Waals surface area contributed by atoms with Crippen LogP contribution in [0.3, 0.4) is 0 Å². The van der Waals surface area contributed by atoms with Crippen LogP contribution in [0, 0.1) is 18.8 Å². The average Bonchev–Trinajstić information content (AvgIpc) is 3.57. The number of nitriles is 1. The Morgan fingerprint density at radius 2 is 1.85 bits per heavy atom. The number of nitrogens with zero attached hydrogens (tertiary/aromatic N) is 1. The van der Waals surface area contributed by atoms with Crippen LogP contribution in [-0.4, -0.2) is 5.78 Å². The normalized spacial score (nSPS) is 12.4. The Labute approximate surface area is 240 Å². The quantitative estimate of drug-likeness (QED) is 0.271. The minimum atomic E-state index is 0.330. The van der Waals surface area contributed by atoms with Crippen molar-refractivity contribution < 1.29 is 9.21 Å². The summed E-state index contributed by atoms with van der Waals surface area (Å²) in [5, 5.41) is 11.4. The number of aryl methyl sites for hydroxylation is 1. The lowest BCUT2D eigenvalue weighted by atomic mass is 10.1. The van der Waals surface area contributed by atoms with E-state index < -0.39 is 0 Å². The number of rotatable bonds is 12. The number of ketones is 1. The summed E-state index contributed by atoms with van der Waals surface area (Å²) in [6.45, 7) is 24.7. The van der Waals surface area contributed by atoms with Crippen molar-refractivity contribution in [2.45, 2.75) is 94.0 Å². The molecule has 4 nitrogen and oxygen atoms in total. The molecule has 0 bridgehead atoms. The van der Waals surface area contributed by atoms with E-state index in [4.69, 9.17) is 9.68 Å². The van der Waals surface area contributed by atoms with Gasteiger partial charge in [0.1, 0.15) is 11.5 Å². The summed E-state index contributed by atoms with van der Waals surface area (Å²) in [4.78, 5) is 13.2. The second-order valence-corrected chi connectivity index (χ2v) is 10.5. The highest BCUT2D eigenvalue weighted by Gasteiger charge is 2.12. The summed E-state index contributed by atoms with van der Waals surface area (Å²) in [7, 11) is 0. The van der Waals surface area contributed by atoms with Crippen LogP contribution >= 0.6 is 11.3 Å². The fraction of sp³-hybridized carbons (Fsp3) is 0.412. The number of thiophene rings is 1. The molecule has 39 heavy (non-hydrogen) atoms. The van der Waals surface area contributed by atoms with E-state index in [-0.39, 0.29) is 0 Å². The van der Waals surface area contributed by atoms with Gasteiger partial charge in [0, 0.05) is 24.3 Å². The van der Waals surface area contributed by atoms with Crippen LogP contribution < -0.4 is 15.1 Å². The van der Waals surface area contributed by atoms with Gasteiger partial charge in [0.2, 0.25) is 0 Å². The van der Waals surface area contributed by atoms with Gasteiger partial charge < -0.3 is 9.73 Å². The molecule has 1 N–H and O–H groups in total. The van der Waals surface area contributed by atoms with Crippen LogP contribution in [-0.2, 0) is 17.8 Å². The maximum absolute atomic E-state index is 11.9. The monoisotopic (exact) mass is 548 g/mol. The third kappa shape index (κ3) is 13.3. The molecular weight excluding hydrogens is 500 g/mol. The number of allylic oxidation sites excluding steroid dienone is 6. The van der Waals surface area contributed by atoms with Crippen LogP contribution in [0.4, 0.5) is 0 Å². The molecule has 0 unspecified atom stereocenters. The molecule has 2 heterocycles. The summed E-state index contributed by atoms with van der Waals surface area (Å²) >= 11 is 1.82. The molecule has 0 spiro atoms. The van der Waals surface area contributed by atoms with Crippen molar-refractivity contribution in [1.29, 1.82) is 5.26 Å². The molecule has 0 radical (unpaired) electrons. The number of carbonyl (C=O) groups is 1. The Morgan fingerprint density at radius 3 is 2.36 bits per heavy atom. The van der Waals surface area contributed by atoms with Gasteiger partial charge in [0.25, 0.3) is 0 Å². The zero-order valence-electron chi connectivity index (χ0n) is 25.3. The first kappa shape index (κ1) is 35.6. The van der Waals surface area contributed by atoms with Crippen LogP contribution in [0.2, 0.25) is 0 Å². The summed E-state index contributed by atoms with van der Waals surface area (Å²) < 4.78 is 6.76. The molecule has 0 aliphatic carbocycles. The molecule has 2 aromatic heterocycles. The maximum atomic E-state index is 11.9. The van der Waals surface area contributed by atoms with Gasteiger partial charge in [-0.3, -0.25) is 4.79 Å². The SMILES string of the molecule is C#N.C=C/C=C(C)\C=C/CC.CCC(=O)CCc1s/c(=C(/C=C(C)C)NCc2ccco2)c(=C(C)CC)c1C. The first-order valence-corrected chi connectivity index (χ1v) is 14.5. The Balaban J connectivity index is 0.00000111. The van der Waals surface area contributed by atoms with Crippen LogP contribution in [0.1, 0.15) is 90.4 Å². The first-order chi connectivity index (χ1) is 18.7. The van der Waals surface area contributed by atoms with Crippen LogP contribution in [0.5, 0.6) is 0 Å². The van der Waals surface area contributed by atoms with Gasteiger partial charge in [-0.1, -0.05) is 68.4 Å². The smallest absolute Gasteiger partial charge is 0.132 e. The van der Waals surface area contributed by atoms with E-state index in [0.717, 1.165) is 30.7 Å². The molecule has 2 rings (SSSR count). The molecule has 0 saturated carbocycles. The number of carbonyl (C=O) groups excluding carboxylic acids is 1. The zero-order chi connectivity index (χ0) is 29.8. The molecule has 212 valence electrons. The zero-order valence-corrected chi connectivity index (χ0v) is 26.1. The van der Waals surface area contributed by atoms with E-state index in [1.807, 2.05) is 36.5 Å². The Bertz CT molecular complexity index is 1250. The summed E-state index contributed by atoms with van der Waals surface area (Å²) in [6.07, 6.45) is 16.1. The van der Waals surface area contributed by atoms with Crippen molar-refractivity contribution in [2.75, 3.05) is 0 Å². The lowest BCUT2D eigenvalue weighted by Crippen LogP contribution is -2.30. The van der Waals surface area contributed by atoms with E-state index in [1.165, 1.54) is 36.9 Å². The van der Waals surface area contributed by atoms with E-state index in [0.29, 0.717) is 25.2 Å². The molecule has 5 heteroatoms. The molecular formula is C34H48N2O2S. The molecule has 0 fully saturated rings. The highest BCUT2D eigenvalue weighted by molar-refractivity contribution is 7.10. The number of nitrogens with one attached hydrogen (secondary N) is 1. The lowest BCUT2D eigenvalue weighted by molar-refractivity contribution is -0.118. The second-order valence-electron chi connectivity index (χ2n) is 9.41. The van der Waals surface area contributed by atoms with Crippen molar-refractivity contribution in [1.82, 2.24) is 5.32 Å². The number of furan rings is 1. The molecule has 0 saturated heterocycles. The van der Waals surface area contributed by atoms with Gasteiger partial charge in [0.15, 0.2) is 0 Å². The maximum Gasteiger partial charge on any atom is 0.132 e. The van der Waals surface area contributed by atoms with E-state index in [2.05, 4.69) is 85.2 Å². The number of hydrogen-bond acceptors (Lipinski definition) is 5. The Morgan fingerprint density at radius 1 is 1.15 bits per heavy atom. The molecule has 0 aliphatic heterocycles. The van der Waals surface area contributed by atoms with E-state index in [1.54, 1.807) is 12.3 Å². The fourth-order valence-corrected chi connectivity index (χ4v) is 5.11. The largest absolute Gasteiger partial charge is 0.467 e. The molecule has 0 amide bonds. The van der Waals surface area contributed by atoms with Gasteiger partial charge >= 0.3 is 0 Å². The third-order valence-corrected chi connectivity index (χ3v) is 7.32. The van der Waals surface area contributed by atoms with Crippen molar-refractivity contribution in [2.24, 2.45) is 0 Å². The standard InChI is InChI=1S/C24H33NO2S.C9H14.CHN/c1-7-17(5)23-18(6)22(12-11-19(26)8-2)28-24(23)21(14-16(3)4)25-15-20-10-9-13-27-20;1-4-6-8-9(3)7-5-2;1-2/h9-10,13-14,25H,7-8,11-12,15H2,1-6H3;5-8H,2,4H2,1,3H3;1H/b23-17?,24-21-;8-6-,9-7-;. The predicted octanol–water partition coefficient (Wildman–Crippen LogP) is 8.23. The molecule has 0 aliphatic rings. The summed E-state index contributed by atoms with van der Waals surface area (Å²) in [5.41, 5.74) is 6.34. The fourth-order valence-electron chi connectivity index (χ4n) is 3.74. The van der Waals surface area contributed by atoms with Gasteiger partial charge in [-0.15, -0.1) is 11.3 Å². The first-order valence-electron chi connectivity index (χ1n) is 13.6. The van der Waals surface area contributed by atoms with Crippen LogP contribution in [0.15, 0.2) is 70.9 Å². The minimum Gasteiger partial charge on any atom is -0.467 e. The highest BCUT2D eigenvalue weighted by atomic mass is 32.1. The third-order valence-electron chi connectivity index (χ3n) is 5.94. The van der Waals surface area contributed by atoms with Crippen molar-refractivity contribution in [3.05, 3.63) is 92.5 Å². The van der Waals surface area contributed by atoms with Crippen molar-refractivity contribution >= 4 is 28.4 Å². The van der Waals surface area contributed by atoms with Crippen molar-refractivity contribution in [3.63, 3.8) is 0 Å². The lowest BCUT2D eigenvalue weighted by Gasteiger charge is -2.07. The second kappa shape index (κ2) is 20.6. The molecule has 2 aromatic rings. The van der Waals surface area contributed by atoms with Gasteiger partial charge in [-0.25, -0.2) is 5.26 Å². The van der Waals surface area contributed by atoms with Crippen LogP contribution in [0.25, 0.3) is 11.3 Å². The van der Waals surface area contributed by atoms with E-state index in [9.17, 15) is 4.79 Å². The predicted molar refractivity (Wildman–Crippen MR) is 170 cm³/mol. The van der Waals surface area contributed by atoms with Gasteiger partial charge in [-0.05, 0) is 82.9 Å². The molecule has 0 aromatic carbocycles. The van der Waals surface area contributed by atoms with Crippen molar-refractivity contribution in [3.8, 4) is 6.57 Å². The summed E-state index contributed by atoms with van der Waals surface area (Å²) in [6, 6.07) is 3.90. The topological polar surface area (TPSA) is 66.0 Å². The summed E-state index contributed by atoms with van der Waals surface area (Å²) in [5.74, 6) is 1.25.